The summed E-state index contributed by atoms with van der Waals surface area (Å²) in [7, 11) is -3.46. The summed E-state index contributed by atoms with van der Waals surface area (Å²) in [4.78, 5) is 21.4. The molecule has 0 aliphatic carbocycles. The molecule has 0 aliphatic rings. The maximum Gasteiger partial charge on any atom is 0.302 e. The Morgan fingerprint density at radius 2 is 1.10 bits per heavy atom. The summed E-state index contributed by atoms with van der Waals surface area (Å²) in [5.41, 5.74) is 0. The molecule has 0 radical (unpaired) electrons. The minimum atomic E-state index is -1.73. The lowest BCUT2D eigenvalue weighted by Gasteiger charge is -2.34. The van der Waals surface area contributed by atoms with Gasteiger partial charge in [0.2, 0.25) is 0 Å². The smallest absolute Gasteiger partial charge is 0.302 e. The van der Waals surface area contributed by atoms with Crippen LogP contribution in [0.5, 0.6) is 0 Å². The fraction of sp³-hybridized carbons (Fsp3) is 0.857. The molecule has 124 valence electrons. The van der Waals surface area contributed by atoms with Crippen LogP contribution in [0, 0.1) is 0 Å². The van der Waals surface area contributed by atoms with Crippen molar-refractivity contribution in [2.45, 2.75) is 65.0 Å². The molecule has 0 unspecified atom stereocenters. The Labute approximate surface area is 130 Å². The summed E-state index contributed by atoms with van der Waals surface area (Å²) in [5, 5.41) is 0. The highest BCUT2D eigenvalue weighted by molar-refractivity contribution is 6.84. The number of esters is 2. The number of ether oxygens (including phenoxy) is 2. The third-order valence-electron chi connectivity index (χ3n) is 3.01. The summed E-state index contributed by atoms with van der Waals surface area (Å²) in [6.07, 6.45) is 1.72. The highest BCUT2D eigenvalue weighted by Gasteiger charge is 2.32. The molecule has 0 saturated heterocycles. The van der Waals surface area contributed by atoms with Crippen LogP contribution in [0.1, 0.15) is 26.7 Å². The summed E-state index contributed by atoms with van der Waals surface area (Å²) < 4.78 is 16.4. The van der Waals surface area contributed by atoms with Crippen molar-refractivity contribution >= 4 is 28.6 Å². The van der Waals surface area contributed by atoms with Crippen molar-refractivity contribution in [3.63, 3.8) is 0 Å². The molecule has 21 heavy (non-hydrogen) atoms. The van der Waals surface area contributed by atoms with E-state index in [0.29, 0.717) is 13.2 Å². The fourth-order valence-corrected chi connectivity index (χ4v) is 11.1. The van der Waals surface area contributed by atoms with Gasteiger partial charge in [-0.25, -0.2) is 0 Å². The third-order valence-corrected chi connectivity index (χ3v) is 10.5. The van der Waals surface area contributed by atoms with Gasteiger partial charge < -0.3 is 13.6 Å². The molecule has 0 aromatic carbocycles. The van der Waals surface area contributed by atoms with Crippen LogP contribution < -0.4 is 0 Å². The molecule has 0 aromatic heterocycles. The molecular formula is C14H30O5Si2. The minimum absolute atomic E-state index is 0.226. The molecule has 5 nitrogen and oxygen atoms in total. The Morgan fingerprint density at radius 3 is 1.38 bits per heavy atom. The van der Waals surface area contributed by atoms with Crippen LogP contribution in [0.3, 0.4) is 0 Å². The number of carbonyl (C=O) groups excluding carboxylic acids is 2. The molecule has 0 heterocycles. The number of carbonyl (C=O) groups is 2. The van der Waals surface area contributed by atoms with Gasteiger partial charge in [-0.3, -0.25) is 9.59 Å². The van der Waals surface area contributed by atoms with E-state index >= 15 is 0 Å². The van der Waals surface area contributed by atoms with Crippen molar-refractivity contribution < 1.29 is 23.2 Å². The Kier molecular flexibility index (Phi) is 9.07. The van der Waals surface area contributed by atoms with Crippen molar-refractivity contribution in [2.24, 2.45) is 0 Å². The van der Waals surface area contributed by atoms with E-state index in [0.717, 1.165) is 24.9 Å². The Hall–Kier alpha value is -0.666. The normalized spacial score (nSPS) is 12.1. The van der Waals surface area contributed by atoms with Gasteiger partial charge in [0.25, 0.3) is 0 Å². The van der Waals surface area contributed by atoms with Crippen LogP contribution in [0.25, 0.3) is 0 Å². The second kappa shape index (κ2) is 9.37. The average molecular weight is 335 g/mol. The van der Waals surface area contributed by atoms with Gasteiger partial charge in [-0.15, -0.1) is 0 Å². The Bertz CT molecular complexity index is 310. The van der Waals surface area contributed by atoms with E-state index in [9.17, 15) is 9.59 Å². The summed E-state index contributed by atoms with van der Waals surface area (Å²) in [6, 6.07) is 1.97. The maximum absolute atomic E-state index is 10.7. The van der Waals surface area contributed by atoms with Gasteiger partial charge in [0.1, 0.15) is 0 Å². The summed E-state index contributed by atoms with van der Waals surface area (Å²) in [6.45, 7) is 12.6. The third kappa shape index (κ3) is 12.8. The first-order valence-corrected chi connectivity index (χ1v) is 13.7. The molecule has 0 N–H and O–H groups in total. The van der Waals surface area contributed by atoms with Gasteiger partial charge in [-0.1, -0.05) is 0 Å². The summed E-state index contributed by atoms with van der Waals surface area (Å²) >= 11 is 0. The van der Waals surface area contributed by atoms with Crippen molar-refractivity contribution in [2.75, 3.05) is 13.2 Å². The van der Waals surface area contributed by atoms with Crippen LogP contribution in [-0.4, -0.2) is 41.8 Å². The Balaban J connectivity index is 4.03. The van der Waals surface area contributed by atoms with Gasteiger partial charge in [-0.2, -0.15) is 0 Å². The average Bonchev–Trinajstić information content (AvgIpc) is 2.28. The Morgan fingerprint density at radius 1 is 0.762 bits per heavy atom. The first kappa shape index (κ1) is 20.3. The van der Waals surface area contributed by atoms with E-state index in [4.69, 9.17) is 13.6 Å². The molecule has 0 saturated carbocycles. The largest absolute Gasteiger partial charge is 0.466 e. The predicted octanol–water partition coefficient (Wildman–Crippen LogP) is 3.32. The van der Waals surface area contributed by atoms with Crippen LogP contribution in [0.2, 0.25) is 38.3 Å². The molecule has 0 bridgehead atoms. The SMILES string of the molecule is CC(=O)OCCC[Si](C)(C)O[Si](C)(C)CCCOC(C)=O. The quantitative estimate of drug-likeness (QED) is 0.348. The van der Waals surface area contributed by atoms with E-state index in [1.165, 1.54) is 13.8 Å². The zero-order chi connectivity index (χ0) is 16.5. The van der Waals surface area contributed by atoms with E-state index in [2.05, 4.69) is 26.2 Å². The molecule has 0 amide bonds. The maximum atomic E-state index is 10.7. The molecule has 7 heteroatoms. The lowest BCUT2D eigenvalue weighted by molar-refractivity contribution is -0.141. The molecule has 0 atom stereocenters. The van der Waals surface area contributed by atoms with Gasteiger partial charge in [0.15, 0.2) is 16.6 Å². The molecule has 0 fully saturated rings. The zero-order valence-corrected chi connectivity index (χ0v) is 16.3. The standard InChI is InChI=1S/C14H30O5Si2/c1-13(15)17-9-7-11-20(3,4)19-21(5,6)12-8-10-18-14(2)16/h7-12H2,1-6H3. The first-order valence-electron chi connectivity index (χ1n) is 7.51. The van der Waals surface area contributed by atoms with Gasteiger partial charge >= 0.3 is 11.9 Å². The second-order valence-corrected chi connectivity index (χ2v) is 15.4. The van der Waals surface area contributed by atoms with Crippen LogP contribution in [0.4, 0.5) is 0 Å². The van der Waals surface area contributed by atoms with Gasteiger partial charge in [0, 0.05) is 13.8 Å². The van der Waals surface area contributed by atoms with Crippen molar-refractivity contribution in [3.05, 3.63) is 0 Å². The lowest BCUT2D eigenvalue weighted by Crippen LogP contribution is -2.44. The molecular weight excluding hydrogens is 304 g/mol. The van der Waals surface area contributed by atoms with Crippen molar-refractivity contribution in [1.82, 2.24) is 0 Å². The van der Waals surface area contributed by atoms with E-state index in [-0.39, 0.29) is 11.9 Å². The molecule has 0 aliphatic heterocycles. The fourth-order valence-electron chi connectivity index (χ4n) is 2.28. The molecule has 0 rings (SSSR count). The van der Waals surface area contributed by atoms with Crippen LogP contribution >= 0.6 is 0 Å². The predicted molar refractivity (Wildman–Crippen MR) is 88.2 cm³/mol. The highest BCUT2D eigenvalue weighted by atomic mass is 28.4. The van der Waals surface area contributed by atoms with Gasteiger partial charge in [0.05, 0.1) is 13.2 Å². The van der Waals surface area contributed by atoms with E-state index < -0.39 is 16.6 Å². The summed E-state index contributed by atoms with van der Waals surface area (Å²) in [5.74, 6) is -0.453. The van der Waals surface area contributed by atoms with E-state index in [1.807, 2.05) is 0 Å². The number of hydrogen-bond donors (Lipinski definition) is 0. The van der Waals surface area contributed by atoms with Gasteiger partial charge in [-0.05, 0) is 51.1 Å². The second-order valence-electron chi connectivity index (χ2n) is 6.51. The van der Waals surface area contributed by atoms with Crippen molar-refractivity contribution in [1.29, 1.82) is 0 Å². The minimum Gasteiger partial charge on any atom is -0.466 e. The number of hydrogen-bond acceptors (Lipinski definition) is 5. The molecule has 0 spiro atoms. The first-order chi connectivity index (χ1) is 9.54. The topological polar surface area (TPSA) is 61.8 Å². The zero-order valence-electron chi connectivity index (χ0n) is 14.3. The number of rotatable bonds is 10. The van der Waals surface area contributed by atoms with Crippen molar-refractivity contribution in [3.8, 4) is 0 Å². The lowest BCUT2D eigenvalue weighted by atomic mass is 10.5. The van der Waals surface area contributed by atoms with E-state index in [1.54, 1.807) is 0 Å². The highest BCUT2D eigenvalue weighted by Crippen LogP contribution is 2.23. The molecule has 0 aromatic rings. The monoisotopic (exact) mass is 334 g/mol. The van der Waals surface area contributed by atoms with Crippen LogP contribution in [0.15, 0.2) is 0 Å². The van der Waals surface area contributed by atoms with Crippen LogP contribution in [-0.2, 0) is 23.2 Å².